The molecule has 0 spiro atoms. The van der Waals surface area contributed by atoms with Gasteiger partial charge in [-0.15, -0.1) is 10.2 Å². The van der Waals surface area contributed by atoms with E-state index in [1.165, 1.54) is 23.6 Å². The van der Waals surface area contributed by atoms with Crippen molar-refractivity contribution in [1.82, 2.24) is 15.2 Å². The zero-order valence-electron chi connectivity index (χ0n) is 14.8. The van der Waals surface area contributed by atoms with E-state index >= 15 is 0 Å². The van der Waals surface area contributed by atoms with Gasteiger partial charge in [-0.3, -0.25) is 9.69 Å². The van der Waals surface area contributed by atoms with Crippen molar-refractivity contribution in [3.8, 4) is 17.1 Å². The van der Waals surface area contributed by atoms with Crippen LogP contribution in [0.15, 0.2) is 39.9 Å². The number of aryl methyl sites for hydroxylation is 1. The number of nitrogens with zero attached hydrogens (tertiary/aromatic N) is 4. The third kappa shape index (κ3) is 3.15. The normalized spacial score (nSPS) is 15.6. The van der Waals surface area contributed by atoms with Crippen LogP contribution in [0, 0.1) is 6.92 Å². The number of aromatic nitrogens is 3. The van der Waals surface area contributed by atoms with E-state index in [4.69, 9.17) is 20.8 Å². The van der Waals surface area contributed by atoms with Gasteiger partial charge in [0.1, 0.15) is 5.76 Å². The van der Waals surface area contributed by atoms with Crippen LogP contribution in [0.5, 0.6) is 5.88 Å². The van der Waals surface area contributed by atoms with Gasteiger partial charge < -0.3 is 9.15 Å². The number of fused-ring (bicyclic) bond motifs is 3. The molecule has 1 unspecified atom stereocenters. The molecular weight excluding hydrogens is 388 g/mol. The second-order valence-electron chi connectivity index (χ2n) is 5.92. The number of furan rings is 1. The zero-order valence-corrected chi connectivity index (χ0v) is 16.3. The molecule has 0 saturated heterocycles. The Morgan fingerprint density at radius 2 is 2.07 bits per heavy atom. The van der Waals surface area contributed by atoms with Gasteiger partial charge in [0.05, 0.1) is 5.69 Å². The van der Waals surface area contributed by atoms with Gasteiger partial charge in [-0.25, -0.2) is 0 Å². The molecule has 0 fully saturated rings. The second kappa shape index (κ2) is 6.86. The summed E-state index contributed by atoms with van der Waals surface area (Å²) in [5, 5.41) is 9.35. The first-order valence-corrected chi connectivity index (χ1v) is 9.69. The summed E-state index contributed by atoms with van der Waals surface area (Å²) in [6.07, 6.45) is 1.02. The molecule has 9 heteroatoms. The van der Waals surface area contributed by atoms with E-state index < -0.39 is 6.23 Å². The maximum atomic E-state index is 12.6. The lowest BCUT2D eigenvalue weighted by Crippen LogP contribution is -2.35. The molecular formula is C18H15ClN4O3S. The van der Waals surface area contributed by atoms with E-state index in [0.29, 0.717) is 38.6 Å². The van der Waals surface area contributed by atoms with Crippen LogP contribution in [0.25, 0.3) is 11.3 Å². The molecule has 7 nitrogen and oxygen atoms in total. The molecule has 4 rings (SSSR count). The molecule has 0 saturated carbocycles. The molecule has 0 N–H and O–H groups in total. The van der Waals surface area contributed by atoms with E-state index in [2.05, 4.69) is 15.2 Å². The molecule has 1 aliphatic rings. The molecule has 1 atom stereocenters. The summed E-state index contributed by atoms with van der Waals surface area (Å²) in [4.78, 5) is 18.5. The highest BCUT2D eigenvalue weighted by Crippen LogP contribution is 2.44. The summed E-state index contributed by atoms with van der Waals surface area (Å²) in [6, 6.07) is 8.78. The smallest absolute Gasteiger partial charge is 0.247 e. The number of anilines is 1. The Bertz CT molecular complexity index is 1040. The number of carbonyl (C=O) groups is 1. The quantitative estimate of drug-likeness (QED) is 0.592. The Kier molecular flexibility index (Phi) is 4.53. The number of benzene rings is 1. The lowest BCUT2D eigenvalue weighted by atomic mass is 10.1. The predicted octanol–water partition coefficient (Wildman–Crippen LogP) is 4.26. The fourth-order valence-corrected chi connectivity index (χ4v) is 3.40. The van der Waals surface area contributed by atoms with Crippen LogP contribution in [0.4, 0.5) is 5.69 Å². The minimum Gasteiger partial charge on any atom is -0.460 e. The highest BCUT2D eigenvalue weighted by Gasteiger charge is 2.36. The second-order valence-corrected chi connectivity index (χ2v) is 7.13. The molecule has 138 valence electrons. The Morgan fingerprint density at radius 3 is 2.74 bits per heavy atom. The molecule has 1 amide bonds. The SMILES string of the molecule is CSc1nnc2c(n1)OC(c1ccc(C)o1)N(C(C)=O)c1ccc(Cl)cc1-2. The van der Waals surface area contributed by atoms with Crippen LogP contribution < -0.4 is 9.64 Å². The molecule has 0 aliphatic carbocycles. The number of carbonyl (C=O) groups excluding carboxylic acids is 1. The van der Waals surface area contributed by atoms with Crippen molar-refractivity contribution < 1.29 is 13.9 Å². The fourth-order valence-electron chi connectivity index (χ4n) is 2.93. The summed E-state index contributed by atoms with van der Waals surface area (Å²) >= 11 is 7.55. The third-order valence-electron chi connectivity index (χ3n) is 4.09. The molecule has 0 radical (unpaired) electrons. The zero-order chi connectivity index (χ0) is 19.1. The molecule has 0 bridgehead atoms. The third-order valence-corrected chi connectivity index (χ3v) is 4.87. The summed E-state index contributed by atoms with van der Waals surface area (Å²) < 4.78 is 11.9. The predicted molar refractivity (Wildman–Crippen MR) is 102 cm³/mol. The highest BCUT2D eigenvalue weighted by atomic mass is 35.5. The van der Waals surface area contributed by atoms with Crippen molar-refractivity contribution >= 4 is 35.0 Å². The van der Waals surface area contributed by atoms with Crippen molar-refractivity contribution in [3.63, 3.8) is 0 Å². The Balaban J connectivity index is 2.00. The number of rotatable bonds is 2. The van der Waals surface area contributed by atoms with Crippen LogP contribution in [0.2, 0.25) is 5.02 Å². The van der Waals surface area contributed by atoms with Crippen molar-refractivity contribution in [1.29, 1.82) is 0 Å². The van der Waals surface area contributed by atoms with Crippen LogP contribution >= 0.6 is 23.4 Å². The van der Waals surface area contributed by atoms with Gasteiger partial charge in [0, 0.05) is 17.5 Å². The van der Waals surface area contributed by atoms with Gasteiger partial charge in [0.2, 0.25) is 23.2 Å². The lowest BCUT2D eigenvalue weighted by Gasteiger charge is -2.28. The average molecular weight is 403 g/mol. The maximum absolute atomic E-state index is 12.6. The molecule has 1 aliphatic heterocycles. The Labute approximate surface area is 164 Å². The minimum atomic E-state index is -0.830. The first kappa shape index (κ1) is 17.8. The van der Waals surface area contributed by atoms with Gasteiger partial charge in [0.25, 0.3) is 0 Å². The van der Waals surface area contributed by atoms with E-state index in [0.717, 1.165) is 0 Å². The van der Waals surface area contributed by atoms with Crippen molar-refractivity contribution in [2.24, 2.45) is 0 Å². The number of hydrogen-bond acceptors (Lipinski definition) is 7. The number of halogens is 1. The fraction of sp³-hybridized carbons (Fsp3) is 0.222. The molecule has 1 aromatic carbocycles. The largest absolute Gasteiger partial charge is 0.460 e. The summed E-state index contributed by atoms with van der Waals surface area (Å²) in [5.41, 5.74) is 1.63. The van der Waals surface area contributed by atoms with Gasteiger partial charge in [0.15, 0.2) is 11.5 Å². The van der Waals surface area contributed by atoms with Crippen LogP contribution in [-0.2, 0) is 4.79 Å². The van der Waals surface area contributed by atoms with Gasteiger partial charge >= 0.3 is 0 Å². The number of ether oxygens (including phenoxy) is 1. The van der Waals surface area contributed by atoms with Gasteiger partial charge in [-0.2, -0.15) is 4.98 Å². The summed E-state index contributed by atoms with van der Waals surface area (Å²) in [5.74, 6) is 1.24. The molecule has 3 aromatic rings. The highest BCUT2D eigenvalue weighted by molar-refractivity contribution is 7.98. The Hall–Kier alpha value is -2.58. The maximum Gasteiger partial charge on any atom is 0.247 e. The Morgan fingerprint density at radius 1 is 1.26 bits per heavy atom. The molecule has 27 heavy (non-hydrogen) atoms. The summed E-state index contributed by atoms with van der Waals surface area (Å²) in [6.45, 7) is 3.29. The molecule has 2 aromatic heterocycles. The average Bonchev–Trinajstić information content (AvgIpc) is 3.02. The first-order valence-electron chi connectivity index (χ1n) is 8.09. The standard InChI is InChI=1S/C18H15ClN4O3S/c1-9-4-7-14(25-9)17-23(10(2)24)13-6-5-11(19)8-12(13)15-16(26-17)20-18(27-3)22-21-15/h4-8,17H,1-3H3. The van der Waals surface area contributed by atoms with E-state index in [9.17, 15) is 4.79 Å². The van der Waals surface area contributed by atoms with E-state index in [1.807, 2.05) is 19.2 Å². The van der Waals surface area contributed by atoms with Gasteiger partial charge in [-0.1, -0.05) is 23.4 Å². The number of thioether (sulfide) groups is 1. The van der Waals surface area contributed by atoms with Crippen LogP contribution in [0.1, 0.15) is 24.7 Å². The first-order chi connectivity index (χ1) is 13.0. The van der Waals surface area contributed by atoms with Crippen LogP contribution in [0.3, 0.4) is 0 Å². The number of amides is 1. The number of hydrogen-bond donors (Lipinski definition) is 0. The van der Waals surface area contributed by atoms with Crippen molar-refractivity contribution in [2.75, 3.05) is 11.2 Å². The van der Waals surface area contributed by atoms with Crippen molar-refractivity contribution in [3.05, 3.63) is 46.9 Å². The minimum absolute atomic E-state index is 0.219. The monoisotopic (exact) mass is 402 g/mol. The van der Waals surface area contributed by atoms with Crippen molar-refractivity contribution in [2.45, 2.75) is 25.2 Å². The topological polar surface area (TPSA) is 81.3 Å². The summed E-state index contributed by atoms with van der Waals surface area (Å²) in [7, 11) is 0. The lowest BCUT2D eigenvalue weighted by molar-refractivity contribution is -0.118. The van der Waals surface area contributed by atoms with E-state index in [1.54, 1.807) is 24.3 Å². The van der Waals surface area contributed by atoms with Crippen LogP contribution in [-0.4, -0.2) is 27.3 Å². The van der Waals surface area contributed by atoms with Gasteiger partial charge in [-0.05, 0) is 43.5 Å². The molecule has 3 heterocycles. The van der Waals surface area contributed by atoms with E-state index in [-0.39, 0.29) is 11.8 Å².